The standard InChI is InChI=1S/C14H23N3O4/c1-9-8-16(14(20)15-2)7-6-10-4-5-11(13(19)21-3)17(10)12(9)18/h9-11H,4-8H2,1-3H3,(H,15,20)/t9-,10+,11-/m0/s1. The molecule has 0 saturated carbocycles. The van der Waals surface area contributed by atoms with Crippen LogP contribution in [0.1, 0.15) is 26.2 Å². The molecule has 3 atom stereocenters. The molecule has 0 aromatic rings. The first-order valence-corrected chi connectivity index (χ1v) is 7.36. The topological polar surface area (TPSA) is 79.0 Å². The van der Waals surface area contributed by atoms with Crippen molar-refractivity contribution in [3.05, 3.63) is 0 Å². The minimum atomic E-state index is -0.471. The summed E-state index contributed by atoms with van der Waals surface area (Å²) >= 11 is 0. The van der Waals surface area contributed by atoms with Gasteiger partial charge in [-0.05, 0) is 19.3 Å². The molecule has 0 aromatic carbocycles. The number of nitrogens with zero attached hydrogens (tertiary/aromatic N) is 2. The summed E-state index contributed by atoms with van der Waals surface area (Å²) in [6.07, 6.45) is 2.11. The first-order chi connectivity index (χ1) is 9.99. The molecular weight excluding hydrogens is 274 g/mol. The molecule has 0 bridgehead atoms. The van der Waals surface area contributed by atoms with Gasteiger partial charge in [0.2, 0.25) is 5.91 Å². The number of rotatable bonds is 1. The molecule has 2 rings (SSSR count). The van der Waals surface area contributed by atoms with E-state index in [1.54, 1.807) is 23.8 Å². The predicted octanol–water partition coefficient (Wildman–Crippen LogP) is 0.200. The summed E-state index contributed by atoms with van der Waals surface area (Å²) in [5, 5.41) is 2.60. The van der Waals surface area contributed by atoms with E-state index in [-0.39, 0.29) is 29.9 Å². The average molecular weight is 297 g/mol. The summed E-state index contributed by atoms with van der Waals surface area (Å²) in [4.78, 5) is 39.6. The third kappa shape index (κ3) is 2.96. The van der Waals surface area contributed by atoms with Crippen molar-refractivity contribution < 1.29 is 19.1 Å². The fourth-order valence-corrected chi connectivity index (χ4v) is 3.27. The van der Waals surface area contributed by atoms with Crippen LogP contribution >= 0.6 is 0 Å². The largest absolute Gasteiger partial charge is 0.467 e. The second-order valence-corrected chi connectivity index (χ2v) is 5.71. The van der Waals surface area contributed by atoms with E-state index >= 15 is 0 Å². The first kappa shape index (κ1) is 15.6. The fourth-order valence-electron chi connectivity index (χ4n) is 3.27. The van der Waals surface area contributed by atoms with Gasteiger partial charge in [0.1, 0.15) is 6.04 Å². The van der Waals surface area contributed by atoms with E-state index in [0.29, 0.717) is 25.9 Å². The SMILES string of the molecule is CNC(=O)N1CC[C@H]2CC[C@@H](C(=O)OC)N2C(=O)[C@@H](C)C1. The van der Waals surface area contributed by atoms with Crippen LogP contribution in [0.3, 0.4) is 0 Å². The van der Waals surface area contributed by atoms with E-state index in [2.05, 4.69) is 5.32 Å². The van der Waals surface area contributed by atoms with Crippen molar-refractivity contribution in [1.29, 1.82) is 0 Å². The highest BCUT2D eigenvalue weighted by Gasteiger charge is 2.44. The monoisotopic (exact) mass is 297 g/mol. The highest BCUT2D eigenvalue weighted by Crippen LogP contribution is 2.30. The lowest BCUT2D eigenvalue weighted by molar-refractivity contribution is -0.154. The average Bonchev–Trinajstić information content (AvgIpc) is 2.90. The molecule has 7 heteroatoms. The minimum absolute atomic E-state index is 0.0107. The van der Waals surface area contributed by atoms with Crippen LogP contribution in [0.25, 0.3) is 0 Å². The smallest absolute Gasteiger partial charge is 0.328 e. The van der Waals surface area contributed by atoms with E-state index < -0.39 is 6.04 Å². The molecule has 3 amide bonds. The lowest BCUT2D eigenvalue weighted by atomic mass is 10.0. The van der Waals surface area contributed by atoms with Gasteiger partial charge in [-0.15, -0.1) is 0 Å². The van der Waals surface area contributed by atoms with Crippen LogP contribution in [0.2, 0.25) is 0 Å². The van der Waals surface area contributed by atoms with E-state index in [9.17, 15) is 14.4 Å². The summed E-state index contributed by atoms with van der Waals surface area (Å²) in [6.45, 7) is 2.76. The molecule has 2 aliphatic rings. The van der Waals surface area contributed by atoms with Gasteiger partial charge < -0.3 is 19.9 Å². The van der Waals surface area contributed by atoms with Crippen LogP contribution < -0.4 is 5.32 Å². The summed E-state index contributed by atoms with van der Waals surface area (Å²) in [5.41, 5.74) is 0. The molecule has 2 saturated heterocycles. The number of fused-ring (bicyclic) bond motifs is 1. The Labute approximate surface area is 124 Å². The van der Waals surface area contributed by atoms with E-state index in [1.807, 2.05) is 0 Å². The molecule has 2 heterocycles. The van der Waals surface area contributed by atoms with Crippen LogP contribution in [-0.4, -0.2) is 67.0 Å². The number of hydrogen-bond acceptors (Lipinski definition) is 4. The maximum absolute atomic E-state index is 12.6. The van der Waals surface area contributed by atoms with Gasteiger partial charge in [0.15, 0.2) is 0 Å². The van der Waals surface area contributed by atoms with Crippen molar-refractivity contribution in [1.82, 2.24) is 15.1 Å². The van der Waals surface area contributed by atoms with Crippen molar-refractivity contribution in [2.75, 3.05) is 27.2 Å². The fraction of sp³-hybridized carbons (Fsp3) is 0.786. The molecular formula is C14H23N3O4. The second kappa shape index (κ2) is 6.32. The van der Waals surface area contributed by atoms with Gasteiger partial charge in [-0.2, -0.15) is 0 Å². The van der Waals surface area contributed by atoms with Crippen molar-refractivity contribution in [3.8, 4) is 0 Å². The normalized spacial score (nSPS) is 29.5. The Hall–Kier alpha value is -1.79. The van der Waals surface area contributed by atoms with E-state index in [4.69, 9.17) is 4.74 Å². The molecule has 1 N–H and O–H groups in total. The Balaban J connectivity index is 2.18. The second-order valence-electron chi connectivity index (χ2n) is 5.71. The molecule has 2 fully saturated rings. The summed E-state index contributed by atoms with van der Waals surface area (Å²) in [7, 11) is 2.93. The summed E-state index contributed by atoms with van der Waals surface area (Å²) < 4.78 is 4.81. The zero-order valence-electron chi connectivity index (χ0n) is 12.8. The minimum Gasteiger partial charge on any atom is -0.467 e. The Bertz CT molecular complexity index is 440. The maximum atomic E-state index is 12.6. The van der Waals surface area contributed by atoms with Crippen LogP contribution in [0, 0.1) is 5.92 Å². The molecule has 0 unspecified atom stereocenters. The van der Waals surface area contributed by atoms with Gasteiger partial charge in [-0.3, -0.25) is 4.79 Å². The lowest BCUT2D eigenvalue weighted by Gasteiger charge is -2.37. The first-order valence-electron chi connectivity index (χ1n) is 7.36. The Morgan fingerprint density at radius 2 is 2.00 bits per heavy atom. The molecule has 21 heavy (non-hydrogen) atoms. The number of amides is 3. The van der Waals surface area contributed by atoms with Gasteiger partial charge in [-0.1, -0.05) is 6.92 Å². The summed E-state index contributed by atoms with van der Waals surface area (Å²) in [6, 6.07) is -0.622. The lowest BCUT2D eigenvalue weighted by Crippen LogP contribution is -2.53. The zero-order valence-corrected chi connectivity index (χ0v) is 12.8. The molecule has 0 aliphatic carbocycles. The van der Waals surface area contributed by atoms with Gasteiger partial charge in [-0.25, -0.2) is 9.59 Å². The Morgan fingerprint density at radius 3 is 2.62 bits per heavy atom. The van der Waals surface area contributed by atoms with Gasteiger partial charge in [0, 0.05) is 26.2 Å². The van der Waals surface area contributed by atoms with E-state index in [1.165, 1.54) is 7.11 Å². The molecule has 0 spiro atoms. The third-order valence-electron chi connectivity index (χ3n) is 4.38. The van der Waals surface area contributed by atoms with Crippen LogP contribution in [0.5, 0.6) is 0 Å². The van der Waals surface area contributed by atoms with Crippen molar-refractivity contribution >= 4 is 17.9 Å². The number of carbonyl (C=O) groups is 3. The number of methoxy groups -OCH3 is 1. The van der Waals surface area contributed by atoms with Crippen LogP contribution in [-0.2, 0) is 14.3 Å². The number of urea groups is 1. The number of esters is 1. The molecule has 0 aromatic heterocycles. The third-order valence-corrected chi connectivity index (χ3v) is 4.38. The van der Waals surface area contributed by atoms with Crippen molar-refractivity contribution in [2.24, 2.45) is 5.92 Å². The maximum Gasteiger partial charge on any atom is 0.328 e. The number of ether oxygens (including phenoxy) is 1. The highest BCUT2D eigenvalue weighted by molar-refractivity contribution is 5.87. The van der Waals surface area contributed by atoms with Crippen molar-refractivity contribution in [2.45, 2.75) is 38.3 Å². The molecule has 7 nitrogen and oxygen atoms in total. The van der Waals surface area contributed by atoms with Crippen LogP contribution in [0.4, 0.5) is 4.79 Å². The molecule has 0 radical (unpaired) electrons. The van der Waals surface area contributed by atoms with Crippen molar-refractivity contribution in [3.63, 3.8) is 0 Å². The van der Waals surface area contributed by atoms with Gasteiger partial charge in [0.05, 0.1) is 13.0 Å². The molecule has 2 aliphatic heterocycles. The number of nitrogens with one attached hydrogen (secondary N) is 1. The highest BCUT2D eigenvalue weighted by atomic mass is 16.5. The van der Waals surface area contributed by atoms with E-state index in [0.717, 1.165) is 6.42 Å². The number of hydrogen-bond donors (Lipinski definition) is 1. The predicted molar refractivity (Wildman–Crippen MR) is 75.5 cm³/mol. The Kier molecular flexibility index (Phi) is 4.69. The van der Waals surface area contributed by atoms with Crippen LogP contribution in [0.15, 0.2) is 0 Å². The quantitative estimate of drug-likeness (QED) is 0.701. The number of carbonyl (C=O) groups excluding carboxylic acids is 3. The Morgan fingerprint density at radius 1 is 1.29 bits per heavy atom. The van der Waals surface area contributed by atoms with Gasteiger partial charge in [0.25, 0.3) is 0 Å². The summed E-state index contributed by atoms with van der Waals surface area (Å²) in [5.74, 6) is -0.737. The zero-order chi connectivity index (χ0) is 15.6. The van der Waals surface area contributed by atoms with Gasteiger partial charge >= 0.3 is 12.0 Å². The molecule has 118 valence electrons.